The third kappa shape index (κ3) is 7.03. The van der Waals surface area contributed by atoms with E-state index in [-0.39, 0.29) is 24.6 Å². The van der Waals surface area contributed by atoms with Gasteiger partial charge >= 0.3 is 0 Å². The van der Waals surface area contributed by atoms with Crippen LogP contribution in [0.25, 0.3) is 0 Å². The molecule has 2 N–H and O–H groups in total. The molecule has 0 saturated carbocycles. The van der Waals surface area contributed by atoms with Crippen molar-refractivity contribution < 1.29 is 22.4 Å². The molecule has 0 radical (unpaired) electrons. The summed E-state index contributed by atoms with van der Waals surface area (Å²) < 4.78 is 39.1. The number of aliphatic hydroxyl groups is 1. The minimum Gasteiger partial charge on any atom is -0.474 e. The molecule has 0 aliphatic carbocycles. The molecule has 1 rings (SSSR count). The predicted octanol–water partition coefficient (Wildman–Crippen LogP) is 4.19. The quantitative estimate of drug-likeness (QED) is 0.416. The monoisotopic (exact) mass is 477 g/mol. The fourth-order valence-corrected chi connectivity index (χ4v) is 8.67. The zero-order chi connectivity index (χ0) is 23.2. The average molecular weight is 478 g/mol. The summed E-state index contributed by atoms with van der Waals surface area (Å²) in [5, 5.41) is 11.3. The lowest BCUT2D eigenvalue weighted by molar-refractivity contribution is 0.190. The first-order valence-corrected chi connectivity index (χ1v) is 18.2. The Kier molecular flexibility index (Phi) is 10.0. The molecule has 0 saturated heterocycles. The maximum atomic E-state index is 12.4. The minimum absolute atomic E-state index is 0.0479. The predicted molar refractivity (Wildman–Crippen MR) is 130 cm³/mol. The van der Waals surface area contributed by atoms with Gasteiger partial charge in [0.1, 0.15) is 8.07 Å². The van der Waals surface area contributed by atoms with Gasteiger partial charge in [-0.2, -0.15) is 0 Å². The van der Waals surface area contributed by atoms with Gasteiger partial charge in [-0.05, 0) is 36.2 Å². The second-order valence-electron chi connectivity index (χ2n) is 9.70. The smallest absolute Gasteiger partial charge is 0.238 e. The van der Waals surface area contributed by atoms with Gasteiger partial charge in [0.2, 0.25) is 10.0 Å². The zero-order valence-corrected chi connectivity index (χ0v) is 23.0. The van der Waals surface area contributed by atoms with E-state index < -0.39 is 31.9 Å². The first kappa shape index (κ1) is 27.6. The topological polar surface area (TPSA) is 88.8 Å². The molecule has 1 aromatic heterocycles. The van der Waals surface area contributed by atoms with Crippen molar-refractivity contribution in [3.05, 3.63) is 17.9 Å². The minimum atomic E-state index is -3.80. The standard InChI is InChI=1S/C21H43NO5SSi2/c1-9-30(10-2,11-3)20-16-18(17-26-20)12-14-22-28(24,25)19(23)13-15-27-29(7,8)21(4,5)6/h16-17,19,22-23H,9-15H2,1-8H3. The lowest BCUT2D eigenvalue weighted by atomic mass is 10.2. The van der Waals surface area contributed by atoms with Crippen LogP contribution in [-0.4, -0.2) is 48.5 Å². The number of nitrogens with one attached hydrogen (secondary N) is 1. The summed E-state index contributed by atoms with van der Waals surface area (Å²) in [5.41, 5.74) is -0.474. The van der Waals surface area contributed by atoms with Crippen molar-refractivity contribution in [2.75, 3.05) is 13.2 Å². The number of rotatable bonds is 13. The zero-order valence-electron chi connectivity index (χ0n) is 20.2. The number of aliphatic hydroxyl groups excluding tert-OH is 1. The molecule has 0 fully saturated rings. The van der Waals surface area contributed by atoms with Gasteiger partial charge in [0.15, 0.2) is 13.8 Å². The van der Waals surface area contributed by atoms with Crippen molar-refractivity contribution in [1.29, 1.82) is 0 Å². The number of hydrogen-bond donors (Lipinski definition) is 2. The molecular weight excluding hydrogens is 434 g/mol. The molecule has 1 heterocycles. The third-order valence-electron chi connectivity index (χ3n) is 6.92. The summed E-state index contributed by atoms with van der Waals surface area (Å²) in [4.78, 5) is 0. The molecule has 1 atom stereocenters. The van der Waals surface area contributed by atoms with E-state index in [4.69, 9.17) is 8.84 Å². The molecule has 0 spiro atoms. The first-order chi connectivity index (χ1) is 13.7. The maximum Gasteiger partial charge on any atom is 0.238 e. The normalized spacial score (nSPS) is 14.8. The van der Waals surface area contributed by atoms with Crippen molar-refractivity contribution in [1.82, 2.24) is 4.72 Å². The lowest BCUT2D eigenvalue weighted by Crippen LogP contribution is -2.44. The molecule has 176 valence electrons. The fourth-order valence-electron chi connectivity index (χ4n) is 3.28. The average Bonchev–Trinajstić information content (AvgIpc) is 3.11. The summed E-state index contributed by atoms with van der Waals surface area (Å²) in [6.45, 7) is 17.8. The number of hydrogen-bond acceptors (Lipinski definition) is 5. The van der Waals surface area contributed by atoms with Crippen molar-refractivity contribution in [2.45, 2.75) is 96.1 Å². The molecule has 9 heteroatoms. The highest BCUT2D eigenvalue weighted by Gasteiger charge is 2.37. The van der Waals surface area contributed by atoms with Crippen LogP contribution in [-0.2, 0) is 20.9 Å². The first-order valence-electron chi connectivity index (χ1n) is 11.1. The van der Waals surface area contributed by atoms with Crippen LogP contribution in [0.5, 0.6) is 0 Å². The van der Waals surface area contributed by atoms with Gasteiger partial charge in [-0.1, -0.05) is 59.7 Å². The summed E-state index contributed by atoms with van der Waals surface area (Å²) in [6.07, 6.45) is 2.35. The van der Waals surface area contributed by atoms with Crippen LogP contribution in [0.15, 0.2) is 16.7 Å². The highest BCUT2D eigenvalue weighted by Crippen LogP contribution is 2.36. The van der Waals surface area contributed by atoms with E-state index >= 15 is 0 Å². The molecule has 6 nitrogen and oxygen atoms in total. The SMILES string of the molecule is CC[Si](CC)(CC)c1cc(CCNS(=O)(=O)C(O)CCO[Si](C)(C)C(C)(C)C)co1. The van der Waals surface area contributed by atoms with Crippen LogP contribution in [0.3, 0.4) is 0 Å². The molecule has 0 bridgehead atoms. The van der Waals surface area contributed by atoms with E-state index in [1.807, 2.05) is 0 Å². The van der Waals surface area contributed by atoms with Crippen LogP contribution < -0.4 is 10.1 Å². The lowest BCUT2D eigenvalue weighted by Gasteiger charge is -2.36. The Balaban J connectivity index is 2.56. The van der Waals surface area contributed by atoms with Gasteiger partial charge in [-0.15, -0.1) is 0 Å². The van der Waals surface area contributed by atoms with Gasteiger partial charge in [-0.3, -0.25) is 0 Å². The Morgan fingerprint density at radius 2 is 1.73 bits per heavy atom. The molecule has 0 aliphatic heterocycles. The Morgan fingerprint density at radius 1 is 1.17 bits per heavy atom. The summed E-state index contributed by atoms with van der Waals surface area (Å²) in [5.74, 6) is 0. The highest BCUT2D eigenvalue weighted by molar-refractivity contribution is 7.89. The van der Waals surface area contributed by atoms with E-state index in [1.54, 1.807) is 6.26 Å². The van der Waals surface area contributed by atoms with Crippen LogP contribution >= 0.6 is 0 Å². The van der Waals surface area contributed by atoms with Gasteiger partial charge in [0.25, 0.3) is 0 Å². The molecular formula is C21H43NO5SSi2. The van der Waals surface area contributed by atoms with Gasteiger partial charge in [-0.25, -0.2) is 13.1 Å². The fraction of sp³-hybridized carbons (Fsp3) is 0.810. The molecule has 1 unspecified atom stereocenters. The van der Waals surface area contributed by atoms with Crippen molar-refractivity contribution in [3.8, 4) is 0 Å². The van der Waals surface area contributed by atoms with Crippen LogP contribution in [0.2, 0.25) is 36.3 Å². The van der Waals surface area contributed by atoms with Gasteiger partial charge in [0.05, 0.1) is 11.6 Å². The molecule has 30 heavy (non-hydrogen) atoms. The van der Waals surface area contributed by atoms with E-state index in [2.05, 4.69) is 65.4 Å². The summed E-state index contributed by atoms with van der Waals surface area (Å²) >= 11 is 0. The van der Waals surface area contributed by atoms with E-state index in [1.165, 1.54) is 0 Å². The Labute approximate surface area is 186 Å². The van der Waals surface area contributed by atoms with Crippen molar-refractivity contribution in [2.24, 2.45) is 0 Å². The second kappa shape index (κ2) is 10.9. The summed E-state index contributed by atoms with van der Waals surface area (Å²) in [6, 6.07) is 5.52. The number of sulfonamides is 1. The second-order valence-corrected chi connectivity index (χ2v) is 21.6. The molecule has 0 aliphatic rings. The van der Waals surface area contributed by atoms with Crippen LogP contribution in [0.4, 0.5) is 0 Å². The maximum absolute atomic E-state index is 12.4. The Hall–Kier alpha value is -0.456. The van der Waals surface area contributed by atoms with Crippen molar-refractivity contribution in [3.63, 3.8) is 0 Å². The van der Waals surface area contributed by atoms with Crippen molar-refractivity contribution >= 4 is 31.8 Å². The van der Waals surface area contributed by atoms with E-state index in [0.717, 1.165) is 29.1 Å². The third-order valence-corrected chi connectivity index (χ3v) is 18.4. The Bertz CT molecular complexity index is 743. The van der Waals surface area contributed by atoms with E-state index in [0.29, 0.717) is 6.42 Å². The van der Waals surface area contributed by atoms with Gasteiger partial charge in [0, 0.05) is 19.6 Å². The highest BCUT2D eigenvalue weighted by atomic mass is 32.2. The molecule has 0 aromatic carbocycles. The molecule has 1 aromatic rings. The van der Waals surface area contributed by atoms with Crippen LogP contribution in [0, 0.1) is 0 Å². The number of furan rings is 1. The molecule has 0 amide bonds. The van der Waals surface area contributed by atoms with Gasteiger partial charge < -0.3 is 13.9 Å². The summed E-state index contributed by atoms with van der Waals surface area (Å²) in [7, 11) is -7.32. The van der Waals surface area contributed by atoms with E-state index in [9.17, 15) is 13.5 Å². The Morgan fingerprint density at radius 3 is 2.23 bits per heavy atom. The van der Waals surface area contributed by atoms with Crippen LogP contribution in [0.1, 0.15) is 53.5 Å². The largest absolute Gasteiger partial charge is 0.474 e.